The van der Waals surface area contributed by atoms with Crippen LogP contribution in [0.4, 0.5) is 15.4 Å². The van der Waals surface area contributed by atoms with Gasteiger partial charge in [0.15, 0.2) is 15.4 Å². The summed E-state index contributed by atoms with van der Waals surface area (Å²) in [7, 11) is 0. The molecule has 0 aliphatic carbocycles. The molecule has 72 heavy (non-hydrogen) atoms. The third-order valence-corrected chi connectivity index (χ3v) is 15.6. The quantitative estimate of drug-likeness (QED) is 0.106. The fourth-order valence-corrected chi connectivity index (χ4v) is 12.9. The molecule has 9 rings (SSSR count). The molecule has 3 fully saturated rings. The number of carbonyl (C=O) groups excluding carboxylic acids is 3. The summed E-state index contributed by atoms with van der Waals surface area (Å²) in [6.07, 6.45) is 13.0. The van der Waals surface area contributed by atoms with Crippen LogP contribution in [0.2, 0.25) is 0 Å². The van der Waals surface area contributed by atoms with E-state index < -0.39 is 0 Å². The van der Waals surface area contributed by atoms with Crippen molar-refractivity contribution in [2.75, 3.05) is 55.2 Å². The van der Waals surface area contributed by atoms with Crippen LogP contribution in [-0.4, -0.2) is 102 Å². The van der Waals surface area contributed by atoms with Gasteiger partial charge in [0.1, 0.15) is 0 Å². The molecule has 3 aliphatic rings. The Morgan fingerprint density at radius 1 is 0.458 bits per heavy atom. The van der Waals surface area contributed by atoms with E-state index in [1.54, 1.807) is 34.0 Å². The number of carbonyl (C=O) groups is 3. The first kappa shape index (κ1) is 54.4. The molecule has 6 aromatic rings. The maximum atomic E-state index is 11.1. The highest BCUT2D eigenvalue weighted by Gasteiger charge is 2.25. The van der Waals surface area contributed by atoms with Crippen molar-refractivity contribution < 1.29 is 14.4 Å². The topological polar surface area (TPSA) is 174 Å². The molecular formula is C54H72N12O3S3. The van der Waals surface area contributed by atoms with Gasteiger partial charge in [0.25, 0.3) is 0 Å². The summed E-state index contributed by atoms with van der Waals surface area (Å²) < 4.78 is 0. The first-order chi connectivity index (χ1) is 34.5. The predicted molar refractivity (Wildman–Crippen MR) is 292 cm³/mol. The molecule has 18 heteroatoms. The first-order valence-electron chi connectivity index (χ1n) is 25.2. The highest BCUT2D eigenvalue weighted by atomic mass is 32.1. The SMILES string of the molecule is CC(=O)Nc1ncc(CN2CCCC(c3cc(C)nc(C)c3)C2)s1.CC(=O)Nc1ncc(CN2CCCC(c3cc(C)nc(C)c3)C2)s1.CC(=O)Nc1ncc(CN2CCCC(c3cc(C)nc(C)c3)C2)s1. The van der Waals surface area contributed by atoms with Crippen LogP contribution in [0.25, 0.3) is 0 Å². The highest BCUT2D eigenvalue weighted by Crippen LogP contribution is 2.33. The largest absolute Gasteiger partial charge is 0.302 e. The second-order valence-electron chi connectivity index (χ2n) is 19.7. The average molecular weight is 1030 g/mol. The molecule has 3 atom stereocenters. The molecular weight excluding hydrogens is 961 g/mol. The molecule has 3 amide bonds. The smallest absolute Gasteiger partial charge is 0.223 e. The van der Waals surface area contributed by atoms with Crippen molar-refractivity contribution >= 4 is 67.1 Å². The summed E-state index contributed by atoms with van der Waals surface area (Å²) in [4.78, 5) is 70.7. The molecule has 384 valence electrons. The van der Waals surface area contributed by atoms with Gasteiger partial charge in [-0.2, -0.15) is 0 Å². The summed E-state index contributed by atoms with van der Waals surface area (Å²) in [5, 5.41) is 10.3. The highest BCUT2D eigenvalue weighted by molar-refractivity contribution is 7.16. The minimum absolute atomic E-state index is 0.0719. The number of hydrogen-bond donors (Lipinski definition) is 3. The van der Waals surface area contributed by atoms with Gasteiger partial charge in [0, 0.05) is 127 Å². The third-order valence-electron chi connectivity index (χ3n) is 12.9. The van der Waals surface area contributed by atoms with E-state index in [1.165, 1.54) is 90.6 Å². The second kappa shape index (κ2) is 26.0. The van der Waals surface area contributed by atoms with Crippen molar-refractivity contribution in [3.05, 3.63) is 120 Å². The van der Waals surface area contributed by atoms with Gasteiger partial charge in [-0.1, -0.05) is 0 Å². The molecule has 0 spiro atoms. The normalized spacial score (nSPS) is 18.5. The summed E-state index contributed by atoms with van der Waals surface area (Å²) in [5.74, 6) is 1.50. The van der Waals surface area contributed by atoms with Crippen LogP contribution in [0.3, 0.4) is 0 Å². The molecule has 15 nitrogen and oxygen atoms in total. The summed E-state index contributed by atoms with van der Waals surface area (Å²) in [6.45, 7) is 26.2. The molecule has 0 bridgehead atoms. The Morgan fingerprint density at radius 2 is 0.708 bits per heavy atom. The molecule has 3 aliphatic heterocycles. The fourth-order valence-electron chi connectivity index (χ4n) is 10.1. The van der Waals surface area contributed by atoms with E-state index in [1.807, 2.05) is 18.6 Å². The second-order valence-corrected chi connectivity index (χ2v) is 23.1. The standard InChI is InChI=1S/3C18H24N4OS/c3*1-12-7-16(8-13(2)20-12)15-5-4-6-22(10-15)11-17-9-19-18(24-17)21-14(3)23/h3*7-9,15H,4-6,10-11H2,1-3H3,(H,19,21,23). The van der Waals surface area contributed by atoms with Crippen LogP contribution in [0.1, 0.15) is 143 Å². The zero-order valence-corrected chi connectivity index (χ0v) is 46.0. The number of aryl methyl sites for hydroxylation is 6. The zero-order chi connectivity index (χ0) is 51.3. The van der Waals surface area contributed by atoms with Crippen molar-refractivity contribution in [2.24, 2.45) is 0 Å². The van der Waals surface area contributed by atoms with Crippen molar-refractivity contribution in [3.63, 3.8) is 0 Å². The van der Waals surface area contributed by atoms with Crippen LogP contribution >= 0.6 is 34.0 Å². The van der Waals surface area contributed by atoms with Gasteiger partial charge in [-0.3, -0.25) is 44.0 Å². The van der Waals surface area contributed by atoms with E-state index in [2.05, 4.69) is 138 Å². The maximum Gasteiger partial charge on any atom is 0.223 e. The maximum absolute atomic E-state index is 11.1. The van der Waals surface area contributed by atoms with Crippen molar-refractivity contribution in [1.29, 1.82) is 0 Å². The van der Waals surface area contributed by atoms with Crippen molar-refractivity contribution in [1.82, 2.24) is 44.6 Å². The summed E-state index contributed by atoms with van der Waals surface area (Å²) >= 11 is 4.69. The number of thiazole rings is 3. The Balaban J connectivity index is 0.000000158. The lowest BCUT2D eigenvalue weighted by molar-refractivity contribution is -0.115. The molecule has 3 unspecified atom stereocenters. The van der Waals surface area contributed by atoms with Crippen LogP contribution in [0.5, 0.6) is 0 Å². The lowest BCUT2D eigenvalue weighted by Crippen LogP contribution is -2.33. The molecule has 6 aromatic heterocycles. The first-order valence-corrected chi connectivity index (χ1v) is 27.6. The molecule has 0 radical (unpaired) electrons. The van der Waals surface area contributed by atoms with Crippen LogP contribution in [-0.2, 0) is 34.0 Å². The van der Waals surface area contributed by atoms with E-state index in [0.29, 0.717) is 33.1 Å². The number of anilines is 3. The lowest BCUT2D eigenvalue weighted by Gasteiger charge is -2.32. The van der Waals surface area contributed by atoms with E-state index >= 15 is 0 Å². The van der Waals surface area contributed by atoms with Gasteiger partial charge in [-0.15, -0.1) is 34.0 Å². The van der Waals surface area contributed by atoms with Crippen molar-refractivity contribution in [3.8, 4) is 0 Å². The Morgan fingerprint density at radius 3 is 0.944 bits per heavy atom. The Kier molecular flexibility index (Phi) is 19.7. The van der Waals surface area contributed by atoms with Gasteiger partial charge in [0.05, 0.1) is 0 Å². The third kappa shape index (κ3) is 17.1. The number of likely N-dealkylation sites (tertiary alicyclic amines) is 3. The monoisotopic (exact) mass is 1030 g/mol. The van der Waals surface area contributed by atoms with Gasteiger partial charge in [-0.05, 0) is 171 Å². The van der Waals surface area contributed by atoms with Gasteiger partial charge < -0.3 is 16.0 Å². The number of hydrogen-bond acceptors (Lipinski definition) is 15. The Hall–Kier alpha value is -5.37. The average Bonchev–Trinajstić information content (AvgIpc) is 4.07. The van der Waals surface area contributed by atoms with Crippen LogP contribution in [0.15, 0.2) is 55.0 Å². The van der Waals surface area contributed by atoms with Gasteiger partial charge >= 0.3 is 0 Å². The van der Waals surface area contributed by atoms with Crippen LogP contribution < -0.4 is 16.0 Å². The predicted octanol–water partition coefficient (Wildman–Crippen LogP) is 10.5. The van der Waals surface area contributed by atoms with E-state index in [4.69, 9.17) is 0 Å². The van der Waals surface area contributed by atoms with E-state index in [-0.39, 0.29) is 17.7 Å². The number of nitrogens with one attached hydrogen (secondary N) is 3. The van der Waals surface area contributed by atoms with E-state index in [9.17, 15) is 14.4 Å². The number of aromatic nitrogens is 6. The zero-order valence-electron chi connectivity index (χ0n) is 43.5. The number of amides is 3. The van der Waals surface area contributed by atoms with E-state index in [0.717, 1.165) is 93.1 Å². The molecule has 0 saturated carbocycles. The minimum atomic E-state index is -0.0719. The Bertz CT molecular complexity index is 2420. The fraction of sp³-hybridized carbons (Fsp3) is 0.500. The van der Waals surface area contributed by atoms with Crippen molar-refractivity contribution in [2.45, 2.75) is 138 Å². The number of pyridine rings is 3. The molecule has 3 saturated heterocycles. The molecule has 3 N–H and O–H groups in total. The number of piperidine rings is 3. The number of rotatable bonds is 12. The molecule has 9 heterocycles. The number of nitrogens with zero attached hydrogens (tertiary/aromatic N) is 9. The van der Waals surface area contributed by atoms with Crippen LogP contribution in [0, 0.1) is 41.5 Å². The summed E-state index contributed by atoms with van der Waals surface area (Å²) in [5.41, 5.74) is 10.8. The molecule has 0 aromatic carbocycles. The van der Waals surface area contributed by atoms with Gasteiger partial charge in [0.2, 0.25) is 17.7 Å². The Labute approximate surface area is 437 Å². The minimum Gasteiger partial charge on any atom is -0.302 e. The lowest BCUT2D eigenvalue weighted by atomic mass is 9.90. The van der Waals surface area contributed by atoms with Gasteiger partial charge in [-0.25, -0.2) is 15.0 Å². The summed E-state index contributed by atoms with van der Waals surface area (Å²) in [6, 6.07) is 13.3.